The largest absolute Gasteiger partial charge is 0.256 e. The first-order valence-electron chi connectivity index (χ1n) is 5.65. The Hall–Kier alpha value is -1.20. The number of hydrogen-bond donors (Lipinski definition) is 1. The number of hydrogen-bond acceptors (Lipinski definition) is 3. The van der Waals surface area contributed by atoms with Crippen LogP contribution in [0.5, 0.6) is 0 Å². The molecule has 1 aromatic rings. The number of primary sulfonamides is 1. The van der Waals surface area contributed by atoms with Crippen LogP contribution in [0.3, 0.4) is 0 Å². The fourth-order valence-electron chi connectivity index (χ4n) is 2.08. The molecule has 0 aromatic heterocycles. The Morgan fingerprint density at radius 3 is 2.65 bits per heavy atom. The van der Waals surface area contributed by atoms with Gasteiger partial charge in [0.2, 0.25) is 10.0 Å². The molecule has 4 nitrogen and oxygen atoms in total. The van der Waals surface area contributed by atoms with Gasteiger partial charge in [-0.2, -0.15) is 0 Å². The molecule has 1 fully saturated rings. The molecule has 2 rings (SSSR count). The minimum Gasteiger partial charge on any atom is -0.256 e. The molecule has 0 amide bonds. The second-order valence-corrected chi connectivity index (χ2v) is 6.07. The van der Waals surface area contributed by atoms with Gasteiger partial charge in [0, 0.05) is 5.71 Å². The van der Waals surface area contributed by atoms with Crippen LogP contribution in [0.15, 0.2) is 34.2 Å². The zero-order valence-electron chi connectivity index (χ0n) is 9.76. The van der Waals surface area contributed by atoms with Gasteiger partial charge in [-0.3, -0.25) is 4.99 Å². The quantitative estimate of drug-likeness (QED) is 0.876. The minimum absolute atomic E-state index is 0.104. The van der Waals surface area contributed by atoms with E-state index < -0.39 is 10.0 Å². The molecule has 1 saturated carbocycles. The van der Waals surface area contributed by atoms with Crippen molar-refractivity contribution in [2.24, 2.45) is 16.0 Å². The van der Waals surface area contributed by atoms with Gasteiger partial charge in [-0.05, 0) is 37.3 Å². The number of nitrogens with zero attached hydrogens (tertiary/aromatic N) is 1. The minimum atomic E-state index is -3.70. The van der Waals surface area contributed by atoms with Crippen molar-refractivity contribution in [3.63, 3.8) is 0 Å². The molecule has 1 unspecified atom stereocenters. The van der Waals surface area contributed by atoms with E-state index in [9.17, 15) is 8.42 Å². The van der Waals surface area contributed by atoms with Crippen LogP contribution in [0, 0.1) is 5.92 Å². The monoisotopic (exact) mass is 252 g/mol. The summed E-state index contributed by atoms with van der Waals surface area (Å²) in [7, 11) is -3.70. The lowest BCUT2D eigenvalue weighted by Gasteiger charge is -2.04. The standard InChI is InChI=1S/C12H16N2O2S/c1-9-6-7-10(8-9)14-11-4-2-3-5-12(11)17(13,15)16/h2-5,9H,6-8H2,1H3,(H2,13,15,16). The van der Waals surface area contributed by atoms with Crippen molar-refractivity contribution in [3.8, 4) is 0 Å². The molecule has 0 heterocycles. The normalized spacial score (nSPS) is 23.2. The first-order valence-corrected chi connectivity index (χ1v) is 7.19. The summed E-state index contributed by atoms with van der Waals surface area (Å²) in [6.45, 7) is 2.17. The van der Waals surface area contributed by atoms with E-state index in [0.29, 0.717) is 11.6 Å². The molecule has 1 aliphatic carbocycles. The fraction of sp³-hybridized carbons (Fsp3) is 0.417. The topological polar surface area (TPSA) is 72.5 Å². The highest BCUT2D eigenvalue weighted by molar-refractivity contribution is 7.89. The van der Waals surface area contributed by atoms with E-state index in [2.05, 4.69) is 11.9 Å². The molecule has 0 saturated heterocycles. The van der Waals surface area contributed by atoms with E-state index in [1.165, 1.54) is 6.07 Å². The lowest BCUT2D eigenvalue weighted by Crippen LogP contribution is -2.12. The van der Waals surface area contributed by atoms with Crippen LogP contribution in [0.2, 0.25) is 0 Å². The van der Waals surface area contributed by atoms with Gasteiger partial charge in [-0.1, -0.05) is 19.1 Å². The average molecular weight is 252 g/mol. The Balaban J connectivity index is 2.40. The third kappa shape index (κ3) is 2.92. The molecule has 0 bridgehead atoms. The highest BCUT2D eigenvalue weighted by Gasteiger charge is 2.18. The van der Waals surface area contributed by atoms with Crippen LogP contribution in [0.4, 0.5) is 5.69 Å². The Labute approximate surface area is 102 Å². The Morgan fingerprint density at radius 2 is 2.06 bits per heavy atom. The van der Waals surface area contributed by atoms with Crippen molar-refractivity contribution in [2.75, 3.05) is 0 Å². The van der Waals surface area contributed by atoms with E-state index in [1.807, 2.05) is 0 Å². The van der Waals surface area contributed by atoms with Crippen LogP contribution in [-0.4, -0.2) is 14.1 Å². The first kappa shape index (κ1) is 12.3. The third-order valence-electron chi connectivity index (χ3n) is 2.96. The number of rotatable bonds is 2. The molecule has 1 aliphatic rings. The Kier molecular flexibility index (Phi) is 3.31. The predicted molar refractivity (Wildman–Crippen MR) is 67.9 cm³/mol. The maximum atomic E-state index is 11.4. The summed E-state index contributed by atoms with van der Waals surface area (Å²) in [5.74, 6) is 0.635. The zero-order valence-corrected chi connectivity index (χ0v) is 10.6. The van der Waals surface area contributed by atoms with E-state index in [4.69, 9.17) is 5.14 Å². The van der Waals surface area contributed by atoms with Gasteiger partial charge in [0.25, 0.3) is 0 Å². The number of para-hydroxylation sites is 1. The molecule has 2 N–H and O–H groups in total. The molecular weight excluding hydrogens is 236 g/mol. The third-order valence-corrected chi connectivity index (χ3v) is 3.92. The van der Waals surface area contributed by atoms with Crippen LogP contribution in [0.25, 0.3) is 0 Å². The lowest BCUT2D eigenvalue weighted by molar-refractivity contribution is 0.598. The number of aliphatic imine (C=N–C) groups is 1. The van der Waals surface area contributed by atoms with Crippen LogP contribution in [-0.2, 0) is 10.0 Å². The molecule has 1 atom stereocenters. The van der Waals surface area contributed by atoms with Gasteiger partial charge >= 0.3 is 0 Å². The van der Waals surface area contributed by atoms with Gasteiger partial charge < -0.3 is 0 Å². The summed E-state index contributed by atoms with van der Waals surface area (Å²) in [5, 5.41) is 5.16. The smallest absolute Gasteiger partial charge is 0.240 e. The molecule has 5 heteroatoms. The summed E-state index contributed by atoms with van der Waals surface area (Å²) < 4.78 is 22.8. The van der Waals surface area contributed by atoms with Crippen molar-refractivity contribution in [1.82, 2.24) is 0 Å². The molecule has 1 aromatic carbocycles. The lowest BCUT2D eigenvalue weighted by atomic mass is 10.1. The van der Waals surface area contributed by atoms with E-state index in [0.717, 1.165) is 25.0 Å². The van der Waals surface area contributed by atoms with Gasteiger partial charge in [0.05, 0.1) is 5.69 Å². The van der Waals surface area contributed by atoms with Gasteiger partial charge in [0.1, 0.15) is 4.90 Å². The highest BCUT2D eigenvalue weighted by Crippen LogP contribution is 2.28. The van der Waals surface area contributed by atoms with Crippen molar-refractivity contribution in [1.29, 1.82) is 0 Å². The van der Waals surface area contributed by atoms with Crippen molar-refractivity contribution < 1.29 is 8.42 Å². The summed E-state index contributed by atoms with van der Waals surface area (Å²) in [4.78, 5) is 4.54. The molecule has 92 valence electrons. The van der Waals surface area contributed by atoms with Crippen molar-refractivity contribution in [2.45, 2.75) is 31.1 Å². The molecular formula is C12H16N2O2S. The van der Waals surface area contributed by atoms with Crippen LogP contribution < -0.4 is 5.14 Å². The number of nitrogens with two attached hydrogens (primary N) is 1. The molecule has 0 radical (unpaired) electrons. The van der Waals surface area contributed by atoms with E-state index >= 15 is 0 Å². The van der Waals surface area contributed by atoms with Gasteiger partial charge in [0.15, 0.2) is 0 Å². The fourth-order valence-corrected chi connectivity index (χ4v) is 2.75. The summed E-state index contributed by atoms with van der Waals surface area (Å²) in [6, 6.07) is 6.61. The predicted octanol–water partition coefficient (Wildman–Crippen LogP) is 2.23. The van der Waals surface area contributed by atoms with Crippen LogP contribution >= 0.6 is 0 Å². The van der Waals surface area contributed by atoms with Crippen LogP contribution in [0.1, 0.15) is 26.2 Å². The maximum absolute atomic E-state index is 11.4. The first-order chi connectivity index (χ1) is 7.97. The molecule has 0 aliphatic heterocycles. The second kappa shape index (κ2) is 4.58. The van der Waals surface area contributed by atoms with Gasteiger partial charge in [-0.25, -0.2) is 13.6 Å². The zero-order chi connectivity index (χ0) is 12.5. The van der Waals surface area contributed by atoms with Crippen molar-refractivity contribution in [3.05, 3.63) is 24.3 Å². The highest BCUT2D eigenvalue weighted by atomic mass is 32.2. The number of benzene rings is 1. The molecule has 17 heavy (non-hydrogen) atoms. The SMILES string of the molecule is CC1CCC(=Nc2ccccc2S(N)(=O)=O)C1. The Morgan fingerprint density at radius 1 is 1.35 bits per heavy atom. The summed E-state index contributed by atoms with van der Waals surface area (Å²) in [6.07, 6.45) is 3.01. The second-order valence-electron chi connectivity index (χ2n) is 4.54. The van der Waals surface area contributed by atoms with E-state index in [-0.39, 0.29) is 4.90 Å². The maximum Gasteiger partial charge on any atom is 0.240 e. The van der Waals surface area contributed by atoms with Gasteiger partial charge in [-0.15, -0.1) is 0 Å². The molecule has 0 spiro atoms. The number of sulfonamides is 1. The van der Waals surface area contributed by atoms with Crippen molar-refractivity contribution >= 4 is 21.4 Å². The van der Waals surface area contributed by atoms with E-state index in [1.54, 1.807) is 18.2 Å². The Bertz CT molecular complexity index is 549. The average Bonchev–Trinajstić information content (AvgIpc) is 2.63. The summed E-state index contributed by atoms with van der Waals surface area (Å²) in [5.41, 5.74) is 1.52. The summed E-state index contributed by atoms with van der Waals surface area (Å²) >= 11 is 0.